The fourth-order valence-electron chi connectivity index (χ4n) is 0.777. The van der Waals surface area contributed by atoms with Gasteiger partial charge in [0.1, 0.15) is 0 Å². The lowest BCUT2D eigenvalue weighted by atomic mass is 9.93. The summed E-state index contributed by atoms with van der Waals surface area (Å²) >= 11 is 0. The van der Waals surface area contributed by atoms with Gasteiger partial charge in [0.15, 0.2) is 0 Å². The Kier molecular flexibility index (Phi) is 4.16. The van der Waals surface area contributed by atoms with Crippen LogP contribution in [0.25, 0.3) is 0 Å². The fourth-order valence-corrected chi connectivity index (χ4v) is 1.58. The van der Waals surface area contributed by atoms with Gasteiger partial charge in [-0.1, -0.05) is 20.8 Å². The second-order valence-corrected chi connectivity index (χ2v) is 8.34. The van der Waals surface area contributed by atoms with Gasteiger partial charge >= 0.3 is 0 Å². The van der Waals surface area contributed by atoms with Gasteiger partial charge in [0.2, 0.25) is 10.0 Å². The molecule has 14 heavy (non-hydrogen) atoms. The first-order valence-electron chi connectivity index (χ1n) is 4.95. The van der Waals surface area contributed by atoms with Crippen molar-refractivity contribution < 1.29 is 8.42 Å². The Labute approximate surface area is 88.3 Å². The average molecular weight is 221 g/mol. The van der Waals surface area contributed by atoms with Gasteiger partial charge in [0.05, 0.1) is 4.75 Å². The Hall–Kier alpha value is -0.0900. The van der Waals surface area contributed by atoms with E-state index in [1.165, 1.54) is 0 Å². The van der Waals surface area contributed by atoms with Crippen molar-refractivity contribution in [2.45, 2.75) is 52.7 Å². The highest BCUT2D eigenvalue weighted by Gasteiger charge is 2.28. The van der Waals surface area contributed by atoms with Crippen molar-refractivity contribution in [1.29, 1.82) is 0 Å². The maximum absolute atomic E-state index is 11.6. The predicted molar refractivity (Wildman–Crippen MR) is 60.7 cm³/mol. The van der Waals surface area contributed by atoms with Gasteiger partial charge in [0.25, 0.3) is 0 Å². The topological polar surface area (TPSA) is 46.2 Å². The van der Waals surface area contributed by atoms with E-state index in [1.54, 1.807) is 20.8 Å². The largest absolute Gasteiger partial charge is 0.216 e. The molecule has 4 heteroatoms. The summed E-state index contributed by atoms with van der Waals surface area (Å²) in [5, 5.41) is 0. The third-order valence-corrected chi connectivity index (χ3v) is 4.17. The molecule has 0 aromatic heterocycles. The molecule has 0 amide bonds. The lowest BCUT2D eigenvalue weighted by Crippen LogP contribution is -2.40. The summed E-state index contributed by atoms with van der Waals surface area (Å²) in [6.45, 7) is 11.9. The van der Waals surface area contributed by atoms with Crippen LogP contribution in [0.2, 0.25) is 0 Å². The molecule has 0 aromatic carbocycles. The van der Waals surface area contributed by atoms with Crippen LogP contribution in [0.4, 0.5) is 0 Å². The van der Waals surface area contributed by atoms with Crippen molar-refractivity contribution in [3.63, 3.8) is 0 Å². The second-order valence-electron chi connectivity index (χ2n) is 5.82. The Bertz CT molecular complexity index is 267. The molecule has 0 fully saturated rings. The number of rotatable bonds is 3. The molecule has 0 rings (SSSR count). The zero-order valence-electron chi connectivity index (χ0n) is 10.1. The van der Waals surface area contributed by atoms with E-state index in [-0.39, 0.29) is 5.41 Å². The summed E-state index contributed by atoms with van der Waals surface area (Å²) < 4.78 is 25.2. The first kappa shape index (κ1) is 13.9. The summed E-state index contributed by atoms with van der Waals surface area (Å²) in [6.07, 6.45) is 0.850. The van der Waals surface area contributed by atoms with E-state index >= 15 is 0 Å². The van der Waals surface area contributed by atoms with Crippen LogP contribution in [0, 0.1) is 5.41 Å². The zero-order valence-corrected chi connectivity index (χ0v) is 11.0. The molecule has 0 unspecified atom stereocenters. The maximum atomic E-state index is 11.6. The summed E-state index contributed by atoms with van der Waals surface area (Å²) in [6, 6.07) is 0. The van der Waals surface area contributed by atoms with Crippen LogP contribution < -0.4 is 4.72 Å². The smallest absolute Gasteiger partial charge is 0.215 e. The number of hydrogen-bond donors (Lipinski definition) is 1. The SMILES string of the molecule is CC(C)(C)CCNS(=O)(=O)C(C)(C)C. The summed E-state index contributed by atoms with van der Waals surface area (Å²) in [5.74, 6) is 0. The second kappa shape index (κ2) is 4.19. The van der Waals surface area contributed by atoms with Crippen molar-refractivity contribution in [1.82, 2.24) is 4.72 Å². The molecule has 0 aromatic rings. The van der Waals surface area contributed by atoms with Crippen LogP contribution in [-0.2, 0) is 10.0 Å². The Morgan fingerprint density at radius 3 is 1.71 bits per heavy atom. The molecule has 0 saturated carbocycles. The summed E-state index contributed by atoms with van der Waals surface area (Å²) in [5.41, 5.74) is 0.167. The summed E-state index contributed by atoms with van der Waals surface area (Å²) in [7, 11) is -3.17. The van der Waals surface area contributed by atoms with Gasteiger partial charge in [-0.2, -0.15) is 0 Å². The van der Waals surface area contributed by atoms with Crippen molar-refractivity contribution in [3.8, 4) is 0 Å². The predicted octanol–water partition coefficient (Wildman–Crippen LogP) is 2.14. The van der Waals surface area contributed by atoms with Crippen molar-refractivity contribution in [2.75, 3.05) is 6.54 Å². The molecule has 0 bridgehead atoms. The minimum absolute atomic E-state index is 0.167. The molecule has 0 atom stereocenters. The van der Waals surface area contributed by atoms with Crippen LogP contribution in [0.15, 0.2) is 0 Å². The van der Waals surface area contributed by atoms with Gasteiger partial charge in [-0.15, -0.1) is 0 Å². The van der Waals surface area contributed by atoms with E-state index in [1.807, 2.05) is 0 Å². The van der Waals surface area contributed by atoms with Gasteiger partial charge in [-0.05, 0) is 32.6 Å². The van der Waals surface area contributed by atoms with E-state index in [0.29, 0.717) is 6.54 Å². The molecular weight excluding hydrogens is 198 g/mol. The van der Waals surface area contributed by atoms with E-state index in [9.17, 15) is 8.42 Å². The molecule has 0 spiro atoms. The highest BCUT2D eigenvalue weighted by Crippen LogP contribution is 2.18. The first-order chi connectivity index (χ1) is 5.96. The third kappa shape index (κ3) is 4.96. The molecule has 0 aliphatic rings. The molecule has 0 aliphatic carbocycles. The van der Waals surface area contributed by atoms with Crippen molar-refractivity contribution in [2.24, 2.45) is 5.41 Å². The third-order valence-electron chi connectivity index (χ3n) is 1.97. The molecular formula is C10H23NO2S. The monoisotopic (exact) mass is 221 g/mol. The quantitative estimate of drug-likeness (QED) is 0.793. The van der Waals surface area contributed by atoms with Crippen LogP contribution in [0.1, 0.15) is 48.0 Å². The Balaban J connectivity index is 4.17. The van der Waals surface area contributed by atoms with Gasteiger partial charge in [-0.3, -0.25) is 0 Å². The van der Waals surface area contributed by atoms with E-state index in [0.717, 1.165) is 6.42 Å². The Morgan fingerprint density at radius 2 is 1.43 bits per heavy atom. The van der Waals surface area contributed by atoms with E-state index in [2.05, 4.69) is 25.5 Å². The van der Waals surface area contributed by atoms with Crippen molar-refractivity contribution >= 4 is 10.0 Å². The van der Waals surface area contributed by atoms with Crippen molar-refractivity contribution in [3.05, 3.63) is 0 Å². The molecule has 0 radical (unpaired) electrons. The summed E-state index contributed by atoms with van der Waals surface area (Å²) in [4.78, 5) is 0. The standard InChI is InChI=1S/C10H23NO2S/c1-9(2,3)7-8-11-14(12,13)10(4,5)6/h11H,7-8H2,1-6H3. The van der Waals surface area contributed by atoms with E-state index < -0.39 is 14.8 Å². The van der Waals surface area contributed by atoms with Crippen LogP contribution in [0.5, 0.6) is 0 Å². The lowest BCUT2D eigenvalue weighted by molar-refractivity contribution is 0.377. The average Bonchev–Trinajstić information content (AvgIpc) is 1.80. The molecule has 86 valence electrons. The van der Waals surface area contributed by atoms with Crippen LogP contribution in [0.3, 0.4) is 0 Å². The van der Waals surface area contributed by atoms with E-state index in [4.69, 9.17) is 0 Å². The lowest BCUT2D eigenvalue weighted by Gasteiger charge is -2.22. The normalized spacial score (nSPS) is 14.4. The molecule has 0 saturated heterocycles. The number of hydrogen-bond acceptors (Lipinski definition) is 2. The highest BCUT2D eigenvalue weighted by atomic mass is 32.2. The molecule has 1 N–H and O–H groups in total. The number of sulfonamides is 1. The molecule has 0 aliphatic heterocycles. The fraction of sp³-hybridized carbons (Fsp3) is 1.00. The zero-order chi connectivity index (χ0) is 11.6. The first-order valence-corrected chi connectivity index (χ1v) is 6.43. The van der Waals surface area contributed by atoms with Crippen LogP contribution >= 0.6 is 0 Å². The van der Waals surface area contributed by atoms with Gasteiger partial charge < -0.3 is 0 Å². The molecule has 3 nitrogen and oxygen atoms in total. The Morgan fingerprint density at radius 1 is 1.00 bits per heavy atom. The van der Waals surface area contributed by atoms with Gasteiger partial charge in [-0.25, -0.2) is 13.1 Å². The minimum Gasteiger partial charge on any atom is -0.215 e. The maximum Gasteiger partial charge on any atom is 0.216 e. The highest BCUT2D eigenvalue weighted by molar-refractivity contribution is 7.90. The molecule has 0 heterocycles. The van der Waals surface area contributed by atoms with Gasteiger partial charge in [0, 0.05) is 6.54 Å². The van der Waals surface area contributed by atoms with Crippen LogP contribution in [-0.4, -0.2) is 19.7 Å². The minimum atomic E-state index is -3.17. The number of nitrogens with one attached hydrogen (secondary N) is 1.